The summed E-state index contributed by atoms with van der Waals surface area (Å²) in [6, 6.07) is -1.62. The SMILES string of the molecule is COCC1O[C@H](OCC2O[C@H](OC)C(O)[C@@H](OC(=O)N[C@@H](CCC(=O)O)C(=O)O)[C@@H]2O)C(O)[C@@H](O)[C@@H]1O. The molecular formula is C20H33NO16. The molecule has 0 aromatic rings. The Morgan fingerprint density at radius 1 is 0.838 bits per heavy atom. The number of carbonyl (C=O) groups excluding carboxylic acids is 1. The fraction of sp³-hybridized carbons (Fsp3) is 0.850. The second-order valence-corrected chi connectivity index (χ2v) is 8.40. The summed E-state index contributed by atoms with van der Waals surface area (Å²) in [7, 11) is 2.47. The van der Waals surface area contributed by atoms with E-state index in [4.69, 9.17) is 33.5 Å². The minimum Gasteiger partial charge on any atom is -0.481 e. The number of ether oxygens (including phenoxy) is 6. The lowest BCUT2D eigenvalue weighted by molar-refractivity contribution is -0.328. The van der Waals surface area contributed by atoms with Gasteiger partial charge in [-0.05, 0) is 6.42 Å². The number of nitrogens with one attached hydrogen (secondary N) is 1. The molecule has 0 saturated carbocycles. The number of aliphatic carboxylic acids is 2. The van der Waals surface area contributed by atoms with E-state index in [9.17, 15) is 45.0 Å². The summed E-state index contributed by atoms with van der Waals surface area (Å²) < 4.78 is 31.1. The third kappa shape index (κ3) is 8.14. The summed E-state index contributed by atoms with van der Waals surface area (Å²) in [4.78, 5) is 34.3. The fourth-order valence-corrected chi connectivity index (χ4v) is 3.74. The van der Waals surface area contributed by atoms with Gasteiger partial charge in [0.05, 0.1) is 13.2 Å². The number of aliphatic hydroxyl groups excluding tert-OH is 5. The van der Waals surface area contributed by atoms with E-state index < -0.39 is 105 Å². The number of amides is 1. The van der Waals surface area contributed by atoms with Crippen LogP contribution in [0.15, 0.2) is 0 Å². The van der Waals surface area contributed by atoms with Crippen LogP contribution in [-0.2, 0) is 38.0 Å². The minimum absolute atomic E-state index is 0.139. The van der Waals surface area contributed by atoms with Crippen LogP contribution < -0.4 is 5.32 Å². The van der Waals surface area contributed by atoms with Crippen LogP contribution in [0.5, 0.6) is 0 Å². The molecule has 1 amide bonds. The van der Waals surface area contributed by atoms with Crippen LogP contribution in [0, 0.1) is 0 Å². The van der Waals surface area contributed by atoms with E-state index in [0.29, 0.717) is 0 Å². The van der Waals surface area contributed by atoms with Crippen molar-refractivity contribution in [1.29, 1.82) is 0 Å². The highest BCUT2D eigenvalue weighted by Crippen LogP contribution is 2.27. The molecule has 0 radical (unpaired) electrons. The first-order valence-electron chi connectivity index (χ1n) is 11.2. The molecule has 2 fully saturated rings. The van der Waals surface area contributed by atoms with Crippen molar-refractivity contribution < 1.29 is 78.6 Å². The van der Waals surface area contributed by atoms with Crippen LogP contribution in [0.25, 0.3) is 0 Å². The smallest absolute Gasteiger partial charge is 0.408 e. The normalized spacial score (nSPS) is 36.9. The van der Waals surface area contributed by atoms with Gasteiger partial charge in [0, 0.05) is 20.6 Å². The number of carboxylic acids is 2. The Morgan fingerprint density at radius 2 is 1.46 bits per heavy atom. The summed E-state index contributed by atoms with van der Waals surface area (Å²) >= 11 is 0. The molecule has 0 bridgehead atoms. The van der Waals surface area contributed by atoms with Crippen LogP contribution >= 0.6 is 0 Å². The first kappa shape index (κ1) is 31.0. The van der Waals surface area contributed by atoms with Gasteiger partial charge >= 0.3 is 18.0 Å². The van der Waals surface area contributed by atoms with E-state index in [0.717, 1.165) is 7.11 Å². The molecule has 2 heterocycles. The van der Waals surface area contributed by atoms with Gasteiger partial charge < -0.3 is 69.5 Å². The number of hydrogen-bond acceptors (Lipinski definition) is 14. The highest BCUT2D eigenvalue weighted by Gasteiger charge is 2.49. The maximum Gasteiger partial charge on any atom is 0.408 e. The van der Waals surface area contributed by atoms with Gasteiger partial charge in [0.1, 0.15) is 48.8 Å². The van der Waals surface area contributed by atoms with E-state index in [1.807, 2.05) is 5.32 Å². The van der Waals surface area contributed by atoms with Gasteiger partial charge in [-0.1, -0.05) is 0 Å². The predicted octanol–water partition coefficient (Wildman–Crippen LogP) is -4.04. The molecule has 0 aromatic heterocycles. The molecule has 0 aromatic carbocycles. The minimum atomic E-state index is -1.76. The molecule has 37 heavy (non-hydrogen) atoms. The van der Waals surface area contributed by atoms with Gasteiger partial charge in [-0.3, -0.25) is 4.79 Å². The number of alkyl carbamates (subject to hydrolysis) is 1. The second-order valence-electron chi connectivity index (χ2n) is 8.40. The van der Waals surface area contributed by atoms with Crippen molar-refractivity contribution >= 4 is 18.0 Å². The summed E-state index contributed by atoms with van der Waals surface area (Å²) in [6.07, 6.45) is -17.7. The van der Waals surface area contributed by atoms with Crippen molar-refractivity contribution in [3.8, 4) is 0 Å². The Morgan fingerprint density at radius 3 is 2.03 bits per heavy atom. The van der Waals surface area contributed by atoms with Crippen LogP contribution in [0.2, 0.25) is 0 Å². The van der Waals surface area contributed by atoms with E-state index in [1.165, 1.54) is 7.11 Å². The van der Waals surface area contributed by atoms with Crippen molar-refractivity contribution in [3.63, 3.8) is 0 Å². The molecule has 2 saturated heterocycles. The van der Waals surface area contributed by atoms with Gasteiger partial charge in [-0.15, -0.1) is 0 Å². The first-order valence-corrected chi connectivity index (χ1v) is 11.2. The maximum atomic E-state index is 12.3. The second kappa shape index (κ2) is 14.1. The molecule has 2 aliphatic rings. The highest BCUT2D eigenvalue weighted by atomic mass is 16.7. The zero-order valence-corrected chi connectivity index (χ0v) is 20.0. The van der Waals surface area contributed by atoms with E-state index in [-0.39, 0.29) is 6.61 Å². The number of rotatable bonds is 12. The Balaban J connectivity index is 2.05. The van der Waals surface area contributed by atoms with Crippen LogP contribution in [0.4, 0.5) is 4.79 Å². The summed E-state index contributed by atoms with van der Waals surface area (Å²) in [5, 5.41) is 71.2. The molecule has 17 heteroatoms. The third-order valence-corrected chi connectivity index (χ3v) is 5.78. The first-order chi connectivity index (χ1) is 17.4. The lowest BCUT2D eigenvalue weighted by Crippen LogP contribution is -2.62. The topological polar surface area (TPSA) is 260 Å². The number of carbonyl (C=O) groups is 3. The summed E-state index contributed by atoms with van der Waals surface area (Å²) in [6.45, 7) is -0.685. The Labute approximate surface area is 210 Å². The molecule has 11 atom stereocenters. The third-order valence-electron chi connectivity index (χ3n) is 5.78. The number of aliphatic hydroxyl groups is 5. The monoisotopic (exact) mass is 543 g/mol. The van der Waals surface area contributed by atoms with Crippen molar-refractivity contribution in [2.24, 2.45) is 0 Å². The Bertz CT molecular complexity index is 769. The van der Waals surface area contributed by atoms with E-state index in [2.05, 4.69) is 0 Å². The van der Waals surface area contributed by atoms with Crippen molar-refractivity contribution in [2.45, 2.75) is 80.3 Å². The van der Waals surface area contributed by atoms with Gasteiger partial charge in [-0.2, -0.15) is 0 Å². The standard InChI is InChI=1S/C20H33NO16/c1-32-5-8-11(24)13(26)14(27)19(36-8)34-6-9-12(25)16(15(28)18(33-2)35-9)37-20(31)21-7(17(29)30)3-4-10(22)23/h7-9,11-16,18-19,24-28H,3-6H2,1-2H3,(H,21,31)(H,22,23)(H,29,30)/t7-,8?,9?,11+,12+,13-,14?,15?,16-,18-,19-/m0/s1. The van der Waals surface area contributed by atoms with Gasteiger partial charge in [-0.25, -0.2) is 9.59 Å². The van der Waals surface area contributed by atoms with Gasteiger partial charge in [0.25, 0.3) is 0 Å². The van der Waals surface area contributed by atoms with E-state index >= 15 is 0 Å². The zero-order chi connectivity index (χ0) is 27.9. The van der Waals surface area contributed by atoms with Crippen LogP contribution in [0.3, 0.4) is 0 Å². The van der Waals surface area contributed by atoms with Gasteiger partial charge in [0.2, 0.25) is 0 Å². The molecule has 8 N–H and O–H groups in total. The average Bonchev–Trinajstić information content (AvgIpc) is 2.84. The summed E-state index contributed by atoms with van der Waals surface area (Å²) in [5.41, 5.74) is 0. The maximum absolute atomic E-state index is 12.3. The molecule has 2 rings (SSSR count). The average molecular weight is 543 g/mol. The molecule has 17 nitrogen and oxygen atoms in total. The Kier molecular flexibility index (Phi) is 11.8. The predicted molar refractivity (Wildman–Crippen MR) is 114 cm³/mol. The zero-order valence-electron chi connectivity index (χ0n) is 20.0. The quantitative estimate of drug-likeness (QED) is 0.116. The largest absolute Gasteiger partial charge is 0.481 e. The number of carboxylic acid groups (broad SMARTS) is 2. The molecule has 0 spiro atoms. The van der Waals surface area contributed by atoms with Crippen molar-refractivity contribution in [2.75, 3.05) is 27.4 Å². The van der Waals surface area contributed by atoms with Crippen molar-refractivity contribution in [1.82, 2.24) is 5.32 Å². The van der Waals surface area contributed by atoms with Crippen molar-refractivity contribution in [3.05, 3.63) is 0 Å². The van der Waals surface area contributed by atoms with Crippen LogP contribution in [0.1, 0.15) is 12.8 Å². The molecule has 214 valence electrons. The summed E-state index contributed by atoms with van der Waals surface area (Å²) in [5.74, 6) is -2.82. The molecule has 2 aliphatic heterocycles. The Hall–Kier alpha value is -2.19. The number of hydrogen-bond donors (Lipinski definition) is 8. The van der Waals surface area contributed by atoms with E-state index in [1.54, 1.807) is 0 Å². The highest BCUT2D eigenvalue weighted by molar-refractivity contribution is 5.80. The number of methoxy groups -OCH3 is 2. The molecule has 0 aliphatic carbocycles. The molecule has 4 unspecified atom stereocenters. The van der Waals surface area contributed by atoms with Crippen LogP contribution in [-0.4, -0.2) is 149 Å². The fourth-order valence-electron chi connectivity index (χ4n) is 3.74. The molecular weight excluding hydrogens is 510 g/mol. The lowest BCUT2D eigenvalue weighted by Gasteiger charge is -2.43. The van der Waals surface area contributed by atoms with Gasteiger partial charge in [0.15, 0.2) is 18.7 Å². The lowest BCUT2D eigenvalue weighted by atomic mass is 9.98.